The van der Waals surface area contributed by atoms with E-state index in [2.05, 4.69) is 20.8 Å². The Morgan fingerprint density at radius 1 is 1.38 bits per heavy atom. The normalized spacial score (nSPS) is 23.0. The van der Waals surface area contributed by atoms with E-state index in [1.54, 1.807) is 0 Å². The molecule has 0 aromatic rings. The highest BCUT2D eigenvalue weighted by Crippen LogP contribution is 2.24. The second-order valence-electron chi connectivity index (χ2n) is 7.60. The van der Waals surface area contributed by atoms with Gasteiger partial charge >= 0.3 is 0 Å². The number of hydrogen-bond acceptors (Lipinski definition) is 4. The maximum atomic E-state index is 12.1. The van der Waals surface area contributed by atoms with Crippen LogP contribution in [0.2, 0.25) is 0 Å². The average molecular weight is 318 g/mol. The van der Waals surface area contributed by atoms with Gasteiger partial charge in [-0.05, 0) is 30.6 Å². The molecule has 0 radical (unpaired) electrons. The summed E-state index contributed by atoms with van der Waals surface area (Å²) in [4.78, 5) is 12.1. The number of ketones is 1. The topological polar surface area (TPSA) is 80.5 Å². The summed E-state index contributed by atoms with van der Waals surface area (Å²) < 4.78 is 24.6. The summed E-state index contributed by atoms with van der Waals surface area (Å²) >= 11 is 0. The molecule has 0 aromatic carbocycles. The average Bonchev–Trinajstić information content (AvgIpc) is 2.24. The van der Waals surface area contributed by atoms with Gasteiger partial charge in [0.05, 0.1) is 6.26 Å². The van der Waals surface area contributed by atoms with Gasteiger partial charge in [-0.1, -0.05) is 20.8 Å². The highest BCUT2D eigenvalue weighted by Gasteiger charge is 2.28. The molecule has 2 unspecified atom stereocenters. The molecule has 6 heteroatoms. The van der Waals surface area contributed by atoms with E-state index in [4.69, 9.17) is 5.73 Å². The molecule has 21 heavy (non-hydrogen) atoms. The SMILES string of the molecule is CC(C)(C)CC(N)CC(=O)CC1CCCN(S(C)(=O)=O)C1. The summed E-state index contributed by atoms with van der Waals surface area (Å²) in [5.41, 5.74) is 6.16. The molecule has 0 spiro atoms. The number of carbonyl (C=O) groups excluding carboxylic acids is 1. The molecular formula is C15H30N2O3S. The summed E-state index contributed by atoms with van der Waals surface area (Å²) in [6, 6.07) is -0.105. The number of hydrogen-bond donors (Lipinski definition) is 1. The molecule has 124 valence electrons. The Balaban J connectivity index is 2.44. The molecule has 2 N–H and O–H groups in total. The van der Waals surface area contributed by atoms with Crippen LogP contribution in [0.25, 0.3) is 0 Å². The maximum Gasteiger partial charge on any atom is 0.211 e. The summed E-state index contributed by atoms with van der Waals surface area (Å²) in [6.07, 6.45) is 4.65. The Hall–Kier alpha value is -0.460. The van der Waals surface area contributed by atoms with E-state index >= 15 is 0 Å². The fraction of sp³-hybridized carbons (Fsp3) is 0.933. The van der Waals surface area contributed by atoms with Crippen LogP contribution in [0.15, 0.2) is 0 Å². The smallest absolute Gasteiger partial charge is 0.211 e. The van der Waals surface area contributed by atoms with Gasteiger partial charge in [0, 0.05) is 32.0 Å². The van der Waals surface area contributed by atoms with Crippen molar-refractivity contribution in [3.8, 4) is 0 Å². The second-order valence-corrected chi connectivity index (χ2v) is 9.58. The molecule has 1 heterocycles. The minimum atomic E-state index is -3.14. The van der Waals surface area contributed by atoms with E-state index in [0.29, 0.717) is 25.9 Å². The number of nitrogens with zero attached hydrogens (tertiary/aromatic N) is 1. The highest BCUT2D eigenvalue weighted by molar-refractivity contribution is 7.88. The maximum absolute atomic E-state index is 12.1. The van der Waals surface area contributed by atoms with Crippen molar-refractivity contribution in [2.24, 2.45) is 17.1 Å². The number of rotatable bonds is 6. The van der Waals surface area contributed by atoms with Crippen LogP contribution in [0.5, 0.6) is 0 Å². The van der Waals surface area contributed by atoms with E-state index in [1.807, 2.05) is 0 Å². The molecule has 0 aromatic heterocycles. The van der Waals surface area contributed by atoms with Crippen LogP contribution in [-0.2, 0) is 14.8 Å². The van der Waals surface area contributed by atoms with Gasteiger partial charge in [0.15, 0.2) is 0 Å². The molecule has 5 nitrogen and oxygen atoms in total. The molecule has 1 aliphatic heterocycles. The number of sulfonamides is 1. The first-order valence-electron chi connectivity index (χ1n) is 7.70. The third-order valence-corrected chi connectivity index (χ3v) is 5.10. The predicted molar refractivity (Wildman–Crippen MR) is 85.4 cm³/mol. The molecule has 0 aliphatic carbocycles. The van der Waals surface area contributed by atoms with Crippen LogP contribution < -0.4 is 5.73 Å². The van der Waals surface area contributed by atoms with Crippen molar-refractivity contribution in [1.29, 1.82) is 0 Å². The zero-order valence-electron chi connectivity index (χ0n) is 13.8. The first kappa shape index (κ1) is 18.6. The number of carbonyl (C=O) groups is 1. The van der Waals surface area contributed by atoms with Crippen LogP contribution >= 0.6 is 0 Å². The fourth-order valence-electron chi connectivity index (χ4n) is 3.05. The lowest BCUT2D eigenvalue weighted by Crippen LogP contribution is -2.40. The summed E-state index contributed by atoms with van der Waals surface area (Å²) in [6.45, 7) is 7.39. The lowest BCUT2D eigenvalue weighted by Gasteiger charge is -2.31. The summed E-state index contributed by atoms with van der Waals surface area (Å²) in [5, 5.41) is 0. The largest absolute Gasteiger partial charge is 0.327 e. The van der Waals surface area contributed by atoms with Gasteiger partial charge < -0.3 is 5.73 Å². The number of nitrogens with two attached hydrogens (primary N) is 1. The number of Topliss-reactive ketones (excluding diaryl/α,β-unsaturated/α-hetero) is 1. The van der Waals surface area contributed by atoms with Crippen LogP contribution in [0.4, 0.5) is 0 Å². The quantitative estimate of drug-likeness (QED) is 0.809. The van der Waals surface area contributed by atoms with Crippen LogP contribution in [-0.4, -0.2) is 43.9 Å². The van der Waals surface area contributed by atoms with Gasteiger partial charge in [-0.3, -0.25) is 4.79 Å². The van der Waals surface area contributed by atoms with Crippen LogP contribution in [0, 0.1) is 11.3 Å². The Labute approximate surface area is 129 Å². The van der Waals surface area contributed by atoms with Gasteiger partial charge in [-0.25, -0.2) is 12.7 Å². The van der Waals surface area contributed by atoms with Gasteiger partial charge in [-0.15, -0.1) is 0 Å². The first-order valence-corrected chi connectivity index (χ1v) is 9.54. The van der Waals surface area contributed by atoms with Gasteiger partial charge in [0.1, 0.15) is 5.78 Å². The van der Waals surface area contributed by atoms with Crippen molar-refractivity contribution in [2.45, 2.75) is 58.9 Å². The van der Waals surface area contributed by atoms with Crippen LogP contribution in [0.3, 0.4) is 0 Å². The third-order valence-electron chi connectivity index (χ3n) is 3.83. The Morgan fingerprint density at radius 2 is 2.00 bits per heavy atom. The van der Waals surface area contributed by atoms with E-state index < -0.39 is 10.0 Å². The molecule has 0 saturated carbocycles. The lowest BCUT2D eigenvalue weighted by molar-refractivity contribution is -0.120. The summed E-state index contributed by atoms with van der Waals surface area (Å²) in [5.74, 6) is 0.301. The first-order chi connectivity index (χ1) is 9.47. The molecule has 1 rings (SSSR count). The molecular weight excluding hydrogens is 288 g/mol. The third kappa shape index (κ3) is 7.38. The van der Waals surface area contributed by atoms with Gasteiger partial charge in [-0.2, -0.15) is 0 Å². The van der Waals surface area contributed by atoms with Crippen molar-refractivity contribution in [3.63, 3.8) is 0 Å². The molecule has 2 atom stereocenters. The summed E-state index contributed by atoms with van der Waals surface area (Å²) in [7, 11) is -3.14. The highest BCUT2D eigenvalue weighted by atomic mass is 32.2. The Bertz CT molecular complexity index is 454. The van der Waals surface area contributed by atoms with Crippen molar-refractivity contribution in [2.75, 3.05) is 19.3 Å². The predicted octanol–water partition coefficient (Wildman–Crippen LogP) is 1.77. The van der Waals surface area contributed by atoms with Crippen molar-refractivity contribution in [3.05, 3.63) is 0 Å². The molecule has 0 amide bonds. The van der Waals surface area contributed by atoms with Crippen LogP contribution in [0.1, 0.15) is 52.9 Å². The molecule has 1 saturated heterocycles. The standard InChI is InChI=1S/C15H30N2O3S/c1-15(2,3)10-13(16)9-14(18)8-12-6-5-7-17(11-12)21(4,19)20/h12-13H,5-11,16H2,1-4H3. The molecule has 0 bridgehead atoms. The fourth-order valence-corrected chi connectivity index (χ4v) is 3.99. The molecule has 1 aliphatic rings. The zero-order chi connectivity index (χ0) is 16.3. The van der Waals surface area contributed by atoms with Gasteiger partial charge in [0.2, 0.25) is 10.0 Å². The minimum absolute atomic E-state index is 0.105. The van der Waals surface area contributed by atoms with E-state index in [9.17, 15) is 13.2 Å². The number of piperidine rings is 1. The van der Waals surface area contributed by atoms with Crippen molar-refractivity contribution in [1.82, 2.24) is 4.31 Å². The Morgan fingerprint density at radius 3 is 2.52 bits per heavy atom. The monoisotopic (exact) mass is 318 g/mol. The minimum Gasteiger partial charge on any atom is -0.327 e. The molecule has 1 fully saturated rings. The zero-order valence-corrected chi connectivity index (χ0v) is 14.6. The van der Waals surface area contributed by atoms with Crippen molar-refractivity contribution >= 4 is 15.8 Å². The Kier molecular flexibility index (Phi) is 6.37. The van der Waals surface area contributed by atoms with E-state index in [-0.39, 0.29) is 23.2 Å². The van der Waals surface area contributed by atoms with E-state index in [1.165, 1.54) is 10.6 Å². The van der Waals surface area contributed by atoms with Gasteiger partial charge in [0.25, 0.3) is 0 Å². The van der Waals surface area contributed by atoms with Crippen molar-refractivity contribution < 1.29 is 13.2 Å². The second kappa shape index (κ2) is 7.20. The van der Waals surface area contributed by atoms with E-state index in [0.717, 1.165) is 19.3 Å². The lowest BCUT2D eigenvalue weighted by atomic mass is 9.85.